The van der Waals surface area contributed by atoms with Crippen molar-refractivity contribution in [1.82, 2.24) is 4.98 Å². The van der Waals surface area contributed by atoms with Crippen molar-refractivity contribution < 1.29 is 5.11 Å². The first-order valence-electron chi connectivity index (χ1n) is 5.66. The summed E-state index contributed by atoms with van der Waals surface area (Å²) in [6.45, 7) is 1.73. The number of hydrogen-bond donors (Lipinski definition) is 2. The standard InChI is InChI=1S/C14H15ClN2O/c1-14(18,12-9-17-7-6-13(12)16)8-10-2-4-11(15)5-3-10/h2-7,9,18H,8H2,1H3,(H2,16,17). The Bertz CT molecular complexity index is 538. The van der Waals surface area contributed by atoms with Gasteiger partial charge in [-0.2, -0.15) is 0 Å². The monoisotopic (exact) mass is 262 g/mol. The maximum Gasteiger partial charge on any atom is 0.0943 e. The molecule has 3 N–H and O–H groups in total. The van der Waals surface area contributed by atoms with Crippen LogP contribution in [0.3, 0.4) is 0 Å². The number of nitrogens with two attached hydrogens (primary N) is 1. The molecule has 94 valence electrons. The Balaban J connectivity index is 2.27. The van der Waals surface area contributed by atoms with Gasteiger partial charge in [0.25, 0.3) is 0 Å². The minimum absolute atomic E-state index is 0.458. The zero-order valence-corrected chi connectivity index (χ0v) is 10.9. The molecule has 2 rings (SSSR count). The zero-order valence-electron chi connectivity index (χ0n) is 10.1. The van der Waals surface area contributed by atoms with E-state index in [1.165, 1.54) is 0 Å². The molecule has 0 aliphatic heterocycles. The third kappa shape index (κ3) is 2.81. The van der Waals surface area contributed by atoms with Crippen LogP contribution >= 0.6 is 11.6 Å². The average Bonchev–Trinajstić information content (AvgIpc) is 2.32. The van der Waals surface area contributed by atoms with E-state index in [2.05, 4.69) is 4.98 Å². The van der Waals surface area contributed by atoms with E-state index < -0.39 is 5.60 Å². The molecule has 18 heavy (non-hydrogen) atoms. The number of hydrogen-bond acceptors (Lipinski definition) is 3. The fraction of sp³-hybridized carbons (Fsp3) is 0.214. The summed E-state index contributed by atoms with van der Waals surface area (Å²) in [6.07, 6.45) is 3.67. The summed E-state index contributed by atoms with van der Waals surface area (Å²) < 4.78 is 0. The van der Waals surface area contributed by atoms with Crippen LogP contribution in [0.2, 0.25) is 5.02 Å². The number of benzene rings is 1. The zero-order chi connectivity index (χ0) is 13.2. The molecule has 0 saturated carbocycles. The van der Waals surface area contributed by atoms with Gasteiger partial charge in [-0.15, -0.1) is 0 Å². The predicted octanol–water partition coefficient (Wildman–Crippen LogP) is 2.77. The molecule has 1 unspecified atom stereocenters. The van der Waals surface area contributed by atoms with Gasteiger partial charge in [0.1, 0.15) is 0 Å². The molecule has 2 aromatic rings. The molecular weight excluding hydrogens is 248 g/mol. The average molecular weight is 263 g/mol. The van der Waals surface area contributed by atoms with Crippen LogP contribution in [0.15, 0.2) is 42.7 Å². The van der Waals surface area contributed by atoms with E-state index in [0.29, 0.717) is 22.7 Å². The number of aliphatic hydroxyl groups is 1. The molecule has 1 aromatic carbocycles. The number of nitrogens with zero attached hydrogens (tertiary/aromatic N) is 1. The van der Waals surface area contributed by atoms with E-state index in [1.807, 2.05) is 12.1 Å². The molecule has 0 radical (unpaired) electrons. The van der Waals surface area contributed by atoms with Crippen molar-refractivity contribution in [1.29, 1.82) is 0 Å². The number of aromatic nitrogens is 1. The number of nitrogen functional groups attached to an aromatic ring is 1. The molecule has 0 amide bonds. The van der Waals surface area contributed by atoms with E-state index in [0.717, 1.165) is 5.56 Å². The second kappa shape index (κ2) is 4.96. The topological polar surface area (TPSA) is 59.1 Å². The molecule has 0 aliphatic carbocycles. The highest BCUT2D eigenvalue weighted by Crippen LogP contribution is 2.29. The summed E-state index contributed by atoms with van der Waals surface area (Å²) in [6, 6.07) is 9.08. The quantitative estimate of drug-likeness (QED) is 0.894. The second-order valence-electron chi connectivity index (χ2n) is 4.54. The van der Waals surface area contributed by atoms with Crippen LogP contribution in [0, 0.1) is 0 Å². The molecule has 4 heteroatoms. The van der Waals surface area contributed by atoms with E-state index in [1.54, 1.807) is 37.5 Å². The van der Waals surface area contributed by atoms with Crippen molar-refractivity contribution in [3.05, 3.63) is 58.9 Å². The van der Waals surface area contributed by atoms with E-state index >= 15 is 0 Å². The molecular formula is C14H15ClN2O. The Hall–Kier alpha value is -1.58. The highest BCUT2D eigenvalue weighted by atomic mass is 35.5. The first-order valence-corrected chi connectivity index (χ1v) is 6.03. The van der Waals surface area contributed by atoms with Gasteiger partial charge in [0.15, 0.2) is 0 Å². The summed E-state index contributed by atoms with van der Waals surface area (Å²) in [7, 11) is 0. The van der Waals surface area contributed by atoms with Gasteiger partial charge in [-0.05, 0) is 30.7 Å². The molecule has 1 heterocycles. The summed E-state index contributed by atoms with van der Waals surface area (Å²) in [4.78, 5) is 4.01. The van der Waals surface area contributed by atoms with Gasteiger partial charge in [-0.25, -0.2) is 0 Å². The third-order valence-electron chi connectivity index (χ3n) is 2.90. The summed E-state index contributed by atoms with van der Waals surface area (Å²) in [5, 5.41) is 11.2. The van der Waals surface area contributed by atoms with Gasteiger partial charge >= 0.3 is 0 Å². The Morgan fingerprint density at radius 1 is 1.28 bits per heavy atom. The number of halogens is 1. The molecule has 0 spiro atoms. The van der Waals surface area contributed by atoms with Crippen LogP contribution in [0.1, 0.15) is 18.1 Å². The largest absolute Gasteiger partial charge is 0.398 e. The summed E-state index contributed by atoms with van der Waals surface area (Å²) in [5.41, 5.74) is 6.99. The van der Waals surface area contributed by atoms with Crippen LogP contribution in [0.5, 0.6) is 0 Å². The molecule has 1 aromatic heterocycles. The molecule has 0 fully saturated rings. The van der Waals surface area contributed by atoms with Crippen molar-refractivity contribution >= 4 is 17.3 Å². The number of pyridine rings is 1. The van der Waals surface area contributed by atoms with Crippen LogP contribution < -0.4 is 5.73 Å². The maximum absolute atomic E-state index is 10.5. The smallest absolute Gasteiger partial charge is 0.0943 e. The van der Waals surface area contributed by atoms with E-state index in [4.69, 9.17) is 17.3 Å². The SMILES string of the molecule is CC(O)(Cc1ccc(Cl)cc1)c1cnccc1N. The van der Waals surface area contributed by atoms with Crippen molar-refractivity contribution in [2.75, 3.05) is 5.73 Å². The summed E-state index contributed by atoms with van der Waals surface area (Å²) in [5.74, 6) is 0. The van der Waals surface area contributed by atoms with Crippen LogP contribution in [-0.2, 0) is 12.0 Å². The molecule has 0 saturated heterocycles. The van der Waals surface area contributed by atoms with E-state index in [-0.39, 0.29) is 0 Å². The van der Waals surface area contributed by atoms with Crippen LogP contribution in [0.25, 0.3) is 0 Å². The third-order valence-corrected chi connectivity index (χ3v) is 3.15. The van der Waals surface area contributed by atoms with Gasteiger partial charge < -0.3 is 10.8 Å². The Morgan fingerprint density at radius 3 is 2.56 bits per heavy atom. The Morgan fingerprint density at radius 2 is 1.94 bits per heavy atom. The van der Waals surface area contributed by atoms with Crippen LogP contribution in [-0.4, -0.2) is 10.1 Å². The first kappa shape index (κ1) is 12.9. The lowest BCUT2D eigenvalue weighted by Gasteiger charge is -2.25. The molecule has 0 bridgehead atoms. The maximum atomic E-state index is 10.5. The Labute approximate surface area is 111 Å². The number of anilines is 1. The van der Waals surface area contributed by atoms with Gasteiger partial charge in [-0.1, -0.05) is 23.7 Å². The minimum atomic E-state index is -1.05. The minimum Gasteiger partial charge on any atom is -0.398 e. The molecule has 0 aliphatic rings. The second-order valence-corrected chi connectivity index (χ2v) is 4.98. The predicted molar refractivity (Wildman–Crippen MR) is 73.4 cm³/mol. The highest BCUT2D eigenvalue weighted by Gasteiger charge is 2.26. The van der Waals surface area contributed by atoms with Gasteiger partial charge in [0.2, 0.25) is 0 Å². The normalized spacial score (nSPS) is 14.2. The van der Waals surface area contributed by atoms with Crippen molar-refractivity contribution in [3.8, 4) is 0 Å². The lowest BCUT2D eigenvalue weighted by molar-refractivity contribution is 0.0581. The summed E-state index contributed by atoms with van der Waals surface area (Å²) >= 11 is 5.83. The van der Waals surface area contributed by atoms with Crippen molar-refractivity contribution in [2.24, 2.45) is 0 Å². The first-order chi connectivity index (χ1) is 8.49. The molecule has 3 nitrogen and oxygen atoms in total. The van der Waals surface area contributed by atoms with Crippen molar-refractivity contribution in [2.45, 2.75) is 18.9 Å². The van der Waals surface area contributed by atoms with Gasteiger partial charge in [0, 0.05) is 35.1 Å². The fourth-order valence-corrected chi connectivity index (χ4v) is 2.08. The van der Waals surface area contributed by atoms with E-state index in [9.17, 15) is 5.11 Å². The van der Waals surface area contributed by atoms with Crippen LogP contribution in [0.4, 0.5) is 5.69 Å². The fourth-order valence-electron chi connectivity index (χ4n) is 1.95. The number of rotatable bonds is 3. The van der Waals surface area contributed by atoms with Gasteiger partial charge in [-0.3, -0.25) is 4.98 Å². The lowest BCUT2D eigenvalue weighted by atomic mass is 9.89. The van der Waals surface area contributed by atoms with Crippen molar-refractivity contribution in [3.63, 3.8) is 0 Å². The highest BCUT2D eigenvalue weighted by molar-refractivity contribution is 6.30. The molecule has 1 atom stereocenters. The lowest BCUT2D eigenvalue weighted by Crippen LogP contribution is -2.25. The Kier molecular flexibility index (Phi) is 3.55. The van der Waals surface area contributed by atoms with Gasteiger partial charge in [0.05, 0.1) is 5.60 Å².